The molecule has 6 nitrogen and oxygen atoms in total. The Kier molecular flexibility index (Phi) is 6.70. The van der Waals surface area contributed by atoms with Crippen LogP contribution in [0.4, 0.5) is 0 Å². The zero-order chi connectivity index (χ0) is 23.5. The summed E-state index contributed by atoms with van der Waals surface area (Å²) in [6, 6.07) is 14.0. The minimum absolute atomic E-state index is 0.0736. The molecule has 2 aromatic carbocycles. The standard InChI is InChI=1S/C28H32O6/c1-31-9-10-32-18-33-25-14-23(27(30)34-26(29)22-5-3-2-4-6-22)7-8-24(25)28-15-19-11-20(16-28)13-21(12-19)17-28/h2-8,14,19-21H,9-13,15-18H2,1H3. The minimum atomic E-state index is -0.684. The van der Waals surface area contributed by atoms with Gasteiger partial charge in [0.05, 0.1) is 24.3 Å². The van der Waals surface area contributed by atoms with E-state index in [0.717, 1.165) is 23.3 Å². The molecule has 2 aromatic rings. The van der Waals surface area contributed by atoms with Crippen LogP contribution in [-0.2, 0) is 19.6 Å². The van der Waals surface area contributed by atoms with E-state index in [-0.39, 0.29) is 12.2 Å². The zero-order valence-corrected chi connectivity index (χ0v) is 19.7. The molecule has 0 unspecified atom stereocenters. The first-order valence-electron chi connectivity index (χ1n) is 12.2. The van der Waals surface area contributed by atoms with Crippen molar-refractivity contribution in [2.24, 2.45) is 17.8 Å². The fourth-order valence-corrected chi connectivity index (χ4v) is 6.73. The number of hydrogen-bond donors (Lipinski definition) is 0. The Balaban J connectivity index is 1.38. The summed E-state index contributed by atoms with van der Waals surface area (Å²) in [6.45, 7) is 0.986. The van der Waals surface area contributed by atoms with Crippen molar-refractivity contribution in [1.82, 2.24) is 0 Å². The second-order valence-electron chi connectivity index (χ2n) is 10.1. The normalized spacial score (nSPS) is 26.9. The maximum absolute atomic E-state index is 12.8. The fourth-order valence-electron chi connectivity index (χ4n) is 6.73. The summed E-state index contributed by atoms with van der Waals surface area (Å²) in [4.78, 5) is 25.2. The van der Waals surface area contributed by atoms with Crippen LogP contribution in [-0.4, -0.2) is 39.1 Å². The number of carbonyl (C=O) groups is 2. The first-order valence-corrected chi connectivity index (χ1v) is 12.2. The number of hydrogen-bond acceptors (Lipinski definition) is 6. The molecule has 4 aliphatic carbocycles. The maximum Gasteiger partial charge on any atom is 0.346 e. The number of esters is 2. The Hall–Kier alpha value is -2.70. The van der Waals surface area contributed by atoms with Gasteiger partial charge in [-0.3, -0.25) is 0 Å². The van der Waals surface area contributed by atoms with E-state index < -0.39 is 11.9 Å². The summed E-state index contributed by atoms with van der Waals surface area (Å²) in [7, 11) is 1.63. The number of rotatable bonds is 9. The third-order valence-electron chi connectivity index (χ3n) is 7.75. The van der Waals surface area contributed by atoms with Gasteiger partial charge in [0, 0.05) is 12.7 Å². The topological polar surface area (TPSA) is 71.1 Å². The van der Waals surface area contributed by atoms with Crippen LogP contribution in [0.25, 0.3) is 0 Å². The van der Waals surface area contributed by atoms with Crippen molar-refractivity contribution >= 4 is 11.9 Å². The van der Waals surface area contributed by atoms with Gasteiger partial charge in [-0.15, -0.1) is 0 Å². The average Bonchev–Trinajstić information content (AvgIpc) is 2.83. The van der Waals surface area contributed by atoms with Crippen LogP contribution in [0.2, 0.25) is 0 Å². The van der Waals surface area contributed by atoms with Gasteiger partial charge in [0.15, 0.2) is 6.79 Å². The largest absolute Gasteiger partial charge is 0.467 e. The van der Waals surface area contributed by atoms with Gasteiger partial charge in [0.25, 0.3) is 0 Å². The van der Waals surface area contributed by atoms with Gasteiger partial charge in [-0.1, -0.05) is 24.3 Å². The highest BCUT2D eigenvalue weighted by molar-refractivity contribution is 6.02. The van der Waals surface area contributed by atoms with E-state index >= 15 is 0 Å². The highest BCUT2D eigenvalue weighted by atomic mass is 16.7. The van der Waals surface area contributed by atoms with Crippen LogP contribution in [0.5, 0.6) is 5.75 Å². The molecule has 180 valence electrons. The monoisotopic (exact) mass is 464 g/mol. The molecule has 0 aliphatic heterocycles. The SMILES string of the molecule is COCCOCOc1cc(C(=O)OC(=O)c2ccccc2)ccc1C12CC3CC(CC(C3)C1)C2. The van der Waals surface area contributed by atoms with E-state index in [4.69, 9.17) is 18.9 Å². The van der Waals surface area contributed by atoms with Gasteiger partial charge in [0.2, 0.25) is 0 Å². The van der Waals surface area contributed by atoms with Gasteiger partial charge in [-0.25, -0.2) is 9.59 Å². The number of carbonyl (C=O) groups excluding carboxylic acids is 2. The van der Waals surface area contributed by atoms with Gasteiger partial charge in [0.1, 0.15) is 5.75 Å². The first kappa shape index (κ1) is 23.1. The van der Waals surface area contributed by atoms with Crippen molar-refractivity contribution in [2.45, 2.75) is 43.9 Å². The Morgan fingerprint density at radius 3 is 2.15 bits per heavy atom. The summed E-state index contributed by atoms with van der Waals surface area (Å²) in [5.41, 5.74) is 1.89. The molecule has 4 saturated carbocycles. The average molecular weight is 465 g/mol. The third kappa shape index (κ3) is 4.75. The van der Waals surface area contributed by atoms with E-state index in [1.807, 2.05) is 6.07 Å². The van der Waals surface area contributed by atoms with Gasteiger partial charge in [-0.2, -0.15) is 0 Å². The summed E-state index contributed by atoms with van der Waals surface area (Å²) in [5.74, 6) is 1.65. The molecule has 0 amide bonds. The smallest absolute Gasteiger partial charge is 0.346 e. The van der Waals surface area contributed by atoms with Crippen molar-refractivity contribution in [3.63, 3.8) is 0 Å². The maximum atomic E-state index is 12.8. The molecule has 34 heavy (non-hydrogen) atoms. The Bertz CT molecular complexity index is 995. The predicted molar refractivity (Wildman–Crippen MR) is 126 cm³/mol. The molecule has 4 bridgehead atoms. The molecule has 0 saturated heterocycles. The van der Waals surface area contributed by atoms with Crippen LogP contribution in [0.1, 0.15) is 64.8 Å². The lowest BCUT2D eigenvalue weighted by molar-refractivity contribution is -0.0190. The quantitative estimate of drug-likeness (QED) is 0.221. The van der Waals surface area contributed by atoms with Gasteiger partial charge >= 0.3 is 11.9 Å². The molecule has 0 atom stereocenters. The molecule has 6 rings (SSSR count). The molecule has 4 aliphatic rings. The van der Waals surface area contributed by atoms with E-state index in [2.05, 4.69) is 0 Å². The van der Waals surface area contributed by atoms with Crippen molar-refractivity contribution in [3.8, 4) is 5.75 Å². The Morgan fingerprint density at radius 1 is 0.853 bits per heavy atom. The number of benzene rings is 2. The lowest BCUT2D eigenvalue weighted by atomic mass is 9.48. The van der Waals surface area contributed by atoms with Crippen LogP contribution < -0.4 is 4.74 Å². The lowest BCUT2D eigenvalue weighted by Crippen LogP contribution is -2.48. The molecule has 0 aromatic heterocycles. The zero-order valence-electron chi connectivity index (χ0n) is 19.7. The van der Waals surface area contributed by atoms with Gasteiger partial charge < -0.3 is 18.9 Å². The molecule has 0 N–H and O–H groups in total. The molecule has 0 radical (unpaired) electrons. The summed E-state index contributed by atoms with van der Waals surface area (Å²) >= 11 is 0. The predicted octanol–water partition coefficient (Wildman–Crippen LogP) is 5.15. The second-order valence-corrected chi connectivity index (χ2v) is 10.1. The fraction of sp³-hybridized carbons (Fsp3) is 0.500. The molecule has 0 heterocycles. The molecular weight excluding hydrogens is 432 g/mol. The number of methoxy groups -OCH3 is 1. The Labute approximate surface area is 200 Å². The van der Waals surface area contributed by atoms with Crippen LogP contribution in [0, 0.1) is 17.8 Å². The highest BCUT2D eigenvalue weighted by Crippen LogP contribution is 2.61. The van der Waals surface area contributed by atoms with Crippen LogP contribution >= 0.6 is 0 Å². The third-order valence-corrected chi connectivity index (χ3v) is 7.75. The minimum Gasteiger partial charge on any atom is -0.467 e. The molecule has 0 spiro atoms. The molecule has 6 heteroatoms. The van der Waals surface area contributed by atoms with Crippen molar-refractivity contribution in [3.05, 3.63) is 65.2 Å². The van der Waals surface area contributed by atoms with Crippen LogP contribution in [0.15, 0.2) is 48.5 Å². The van der Waals surface area contributed by atoms with E-state index in [0.29, 0.717) is 30.1 Å². The summed E-state index contributed by atoms with van der Waals surface area (Å²) in [6.07, 6.45) is 7.58. The summed E-state index contributed by atoms with van der Waals surface area (Å²) in [5, 5.41) is 0. The van der Waals surface area contributed by atoms with E-state index in [1.165, 1.54) is 38.5 Å². The number of ether oxygens (including phenoxy) is 4. The lowest BCUT2D eigenvalue weighted by Gasteiger charge is -2.57. The highest BCUT2D eigenvalue weighted by Gasteiger charge is 2.52. The molecular formula is C28H32O6. The second kappa shape index (κ2) is 9.88. The Morgan fingerprint density at radius 2 is 1.50 bits per heavy atom. The summed E-state index contributed by atoms with van der Waals surface area (Å²) < 4.78 is 21.8. The van der Waals surface area contributed by atoms with Crippen molar-refractivity contribution < 1.29 is 28.5 Å². The first-order chi connectivity index (χ1) is 16.6. The van der Waals surface area contributed by atoms with Crippen LogP contribution in [0.3, 0.4) is 0 Å². The van der Waals surface area contributed by atoms with E-state index in [1.54, 1.807) is 49.6 Å². The van der Waals surface area contributed by atoms with Crippen molar-refractivity contribution in [2.75, 3.05) is 27.1 Å². The van der Waals surface area contributed by atoms with Crippen molar-refractivity contribution in [1.29, 1.82) is 0 Å². The van der Waals surface area contributed by atoms with Gasteiger partial charge in [-0.05, 0) is 86.0 Å². The molecule has 4 fully saturated rings. The van der Waals surface area contributed by atoms with E-state index in [9.17, 15) is 9.59 Å².